The zero-order valence-corrected chi connectivity index (χ0v) is 8.05. The summed E-state index contributed by atoms with van der Waals surface area (Å²) in [6.07, 6.45) is 2.25. The van der Waals surface area contributed by atoms with Gasteiger partial charge in [-0.3, -0.25) is 14.5 Å². The molecule has 15 heavy (non-hydrogen) atoms. The largest absolute Gasteiger partial charge is 0.480 e. The SMILES string of the molecule is O=C(O)C(C1CC1)N1C(=O)C2CC2C1=O. The summed E-state index contributed by atoms with van der Waals surface area (Å²) in [6, 6.07) is -0.891. The fourth-order valence-electron chi connectivity index (χ4n) is 2.42. The maximum absolute atomic E-state index is 11.7. The van der Waals surface area contributed by atoms with E-state index in [9.17, 15) is 14.4 Å². The van der Waals surface area contributed by atoms with E-state index in [1.165, 1.54) is 0 Å². The van der Waals surface area contributed by atoms with Crippen molar-refractivity contribution in [2.45, 2.75) is 25.3 Å². The molecule has 0 aromatic carbocycles. The van der Waals surface area contributed by atoms with Crippen molar-refractivity contribution >= 4 is 17.8 Å². The van der Waals surface area contributed by atoms with E-state index in [0.29, 0.717) is 6.42 Å². The van der Waals surface area contributed by atoms with Crippen molar-refractivity contribution in [1.29, 1.82) is 0 Å². The van der Waals surface area contributed by atoms with Crippen molar-refractivity contribution in [2.24, 2.45) is 17.8 Å². The fourth-order valence-corrected chi connectivity index (χ4v) is 2.42. The molecule has 3 unspecified atom stereocenters. The number of carbonyl (C=O) groups excluding carboxylic acids is 2. The van der Waals surface area contributed by atoms with E-state index in [1.54, 1.807) is 0 Å². The zero-order valence-electron chi connectivity index (χ0n) is 8.05. The van der Waals surface area contributed by atoms with Gasteiger partial charge in [-0.15, -0.1) is 0 Å². The first kappa shape index (κ1) is 8.88. The minimum atomic E-state index is -1.04. The highest BCUT2D eigenvalue weighted by Crippen LogP contribution is 2.49. The molecule has 3 aliphatic rings. The lowest BCUT2D eigenvalue weighted by Crippen LogP contribution is -2.47. The van der Waals surface area contributed by atoms with Gasteiger partial charge in [0.15, 0.2) is 0 Å². The first-order chi connectivity index (χ1) is 7.11. The van der Waals surface area contributed by atoms with Crippen LogP contribution in [-0.2, 0) is 14.4 Å². The molecule has 0 aromatic rings. The van der Waals surface area contributed by atoms with Crippen LogP contribution in [0, 0.1) is 17.8 Å². The average Bonchev–Trinajstić information content (AvgIpc) is 2.99. The van der Waals surface area contributed by atoms with Crippen molar-refractivity contribution < 1.29 is 19.5 Å². The van der Waals surface area contributed by atoms with Crippen LogP contribution in [0.3, 0.4) is 0 Å². The molecule has 0 spiro atoms. The Morgan fingerprint density at radius 3 is 2.20 bits per heavy atom. The minimum absolute atomic E-state index is 0.00657. The summed E-state index contributed by atoms with van der Waals surface area (Å²) < 4.78 is 0. The monoisotopic (exact) mass is 209 g/mol. The van der Waals surface area contributed by atoms with Gasteiger partial charge in [0, 0.05) is 0 Å². The highest BCUT2D eigenvalue weighted by Gasteiger charge is 2.62. The second-order valence-electron chi connectivity index (χ2n) is 4.62. The molecule has 5 nitrogen and oxygen atoms in total. The Kier molecular flexibility index (Phi) is 1.53. The van der Waals surface area contributed by atoms with Crippen molar-refractivity contribution in [3.8, 4) is 0 Å². The number of aliphatic carboxylic acids is 1. The molecule has 1 N–H and O–H groups in total. The number of piperidine rings is 1. The molecular formula is C10H11NO4. The summed E-state index contributed by atoms with van der Waals surface area (Å²) in [5.74, 6) is -1.96. The van der Waals surface area contributed by atoms with Gasteiger partial charge in [-0.1, -0.05) is 0 Å². The molecule has 1 heterocycles. The average molecular weight is 209 g/mol. The molecule has 2 saturated carbocycles. The van der Waals surface area contributed by atoms with Gasteiger partial charge in [0.25, 0.3) is 0 Å². The number of fused-ring (bicyclic) bond motifs is 1. The molecule has 0 radical (unpaired) electrons. The molecule has 5 heteroatoms. The van der Waals surface area contributed by atoms with E-state index >= 15 is 0 Å². The Balaban J connectivity index is 1.88. The van der Waals surface area contributed by atoms with Crippen molar-refractivity contribution in [3.63, 3.8) is 0 Å². The number of carbonyl (C=O) groups is 3. The molecule has 80 valence electrons. The molecule has 3 fully saturated rings. The van der Waals surface area contributed by atoms with Gasteiger partial charge in [-0.2, -0.15) is 0 Å². The van der Waals surface area contributed by atoms with Gasteiger partial charge in [-0.25, -0.2) is 4.79 Å². The summed E-state index contributed by atoms with van der Waals surface area (Å²) in [6.45, 7) is 0. The summed E-state index contributed by atoms with van der Waals surface area (Å²) >= 11 is 0. The van der Waals surface area contributed by atoms with Crippen molar-refractivity contribution in [2.75, 3.05) is 0 Å². The van der Waals surface area contributed by atoms with Crippen LogP contribution in [0.5, 0.6) is 0 Å². The van der Waals surface area contributed by atoms with E-state index in [4.69, 9.17) is 5.11 Å². The highest BCUT2D eigenvalue weighted by molar-refractivity contribution is 6.11. The smallest absolute Gasteiger partial charge is 0.327 e. The maximum atomic E-state index is 11.7. The minimum Gasteiger partial charge on any atom is -0.480 e. The Morgan fingerprint density at radius 2 is 1.80 bits per heavy atom. The Morgan fingerprint density at radius 1 is 1.27 bits per heavy atom. The predicted octanol–water partition coefficient (Wildman–Crippen LogP) is -0.145. The van der Waals surface area contributed by atoms with E-state index < -0.39 is 12.0 Å². The highest BCUT2D eigenvalue weighted by atomic mass is 16.4. The first-order valence-corrected chi connectivity index (χ1v) is 5.21. The summed E-state index contributed by atoms with van der Waals surface area (Å²) in [5, 5.41) is 9.03. The van der Waals surface area contributed by atoms with E-state index in [-0.39, 0.29) is 29.6 Å². The fraction of sp³-hybridized carbons (Fsp3) is 0.700. The molecule has 2 amide bonds. The van der Waals surface area contributed by atoms with Crippen molar-refractivity contribution in [3.05, 3.63) is 0 Å². The number of nitrogens with zero attached hydrogens (tertiary/aromatic N) is 1. The third kappa shape index (κ3) is 1.12. The number of hydrogen-bond donors (Lipinski definition) is 1. The van der Waals surface area contributed by atoms with Crippen LogP contribution < -0.4 is 0 Å². The molecule has 1 aliphatic heterocycles. The first-order valence-electron chi connectivity index (χ1n) is 5.21. The number of rotatable bonds is 3. The summed E-state index contributed by atoms with van der Waals surface area (Å²) in [4.78, 5) is 35.4. The predicted molar refractivity (Wildman–Crippen MR) is 47.6 cm³/mol. The second kappa shape index (κ2) is 2.59. The number of hydrogen-bond acceptors (Lipinski definition) is 3. The molecule has 0 bridgehead atoms. The lowest BCUT2D eigenvalue weighted by Gasteiger charge is -2.23. The van der Waals surface area contributed by atoms with Gasteiger partial charge >= 0.3 is 5.97 Å². The maximum Gasteiger partial charge on any atom is 0.327 e. The molecule has 0 aromatic heterocycles. The number of carboxylic acid groups (broad SMARTS) is 1. The van der Waals surface area contributed by atoms with Gasteiger partial charge in [0.2, 0.25) is 11.8 Å². The van der Waals surface area contributed by atoms with Crippen LogP contribution in [0.4, 0.5) is 0 Å². The lowest BCUT2D eigenvalue weighted by molar-refractivity contribution is -0.156. The standard InChI is InChI=1S/C10H11NO4/c12-8-5-3-6(5)9(13)11(8)7(10(14)15)4-1-2-4/h4-7H,1-3H2,(H,14,15). The van der Waals surface area contributed by atoms with Crippen LogP contribution in [0.1, 0.15) is 19.3 Å². The summed E-state index contributed by atoms with van der Waals surface area (Å²) in [5.41, 5.74) is 0. The van der Waals surface area contributed by atoms with Crippen LogP contribution >= 0.6 is 0 Å². The molecule has 3 rings (SSSR count). The van der Waals surface area contributed by atoms with Crippen LogP contribution in [0.15, 0.2) is 0 Å². The van der Waals surface area contributed by atoms with Gasteiger partial charge in [0.1, 0.15) is 6.04 Å². The van der Waals surface area contributed by atoms with Crippen molar-refractivity contribution in [1.82, 2.24) is 4.90 Å². The molecule has 2 aliphatic carbocycles. The third-order valence-corrected chi connectivity index (χ3v) is 3.50. The van der Waals surface area contributed by atoms with E-state index in [1.807, 2.05) is 0 Å². The molecule has 3 atom stereocenters. The zero-order chi connectivity index (χ0) is 10.7. The number of carboxylic acids is 1. The van der Waals surface area contributed by atoms with Crippen LogP contribution in [0.25, 0.3) is 0 Å². The van der Waals surface area contributed by atoms with E-state index in [2.05, 4.69) is 0 Å². The molecular weight excluding hydrogens is 198 g/mol. The number of likely N-dealkylation sites (tertiary alicyclic amines) is 1. The Labute approximate surface area is 86.0 Å². The Hall–Kier alpha value is -1.39. The number of imide groups is 1. The normalized spacial score (nSPS) is 35.3. The van der Waals surface area contributed by atoms with Gasteiger partial charge in [-0.05, 0) is 25.2 Å². The Bertz CT molecular complexity index is 354. The number of amides is 2. The van der Waals surface area contributed by atoms with Crippen LogP contribution in [0.2, 0.25) is 0 Å². The summed E-state index contributed by atoms with van der Waals surface area (Å²) in [7, 11) is 0. The van der Waals surface area contributed by atoms with Gasteiger partial charge < -0.3 is 5.11 Å². The molecule has 1 saturated heterocycles. The van der Waals surface area contributed by atoms with Crippen LogP contribution in [-0.4, -0.2) is 33.8 Å². The third-order valence-electron chi connectivity index (χ3n) is 3.50. The second-order valence-corrected chi connectivity index (χ2v) is 4.62. The lowest BCUT2D eigenvalue weighted by atomic mass is 10.1. The van der Waals surface area contributed by atoms with E-state index in [0.717, 1.165) is 17.7 Å². The quantitative estimate of drug-likeness (QED) is 0.656. The van der Waals surface area contributed by atoms with Gasteiger partial charge in [0.05, 0.1) is 11.8 Å². The topological polar surface area (TPSA) is 74.7 Å².